The third-order valence-electron chi connectivity index (χ3n) is 9.01. The Morgan fingerprint density at radius 2 is 1.70 bits per heavy atom. The molecule has 2 aromatic rings. The Kier molecular flexibility index (Phi) is 11.3. The highest BCUT2D eigenvalue weighted by Gasteiger charge is 2.42. The third-order valence-corrected chi connectivity index (χ3v) is 9.01. The van der Waals surface area contributed by atoms with Gasteiger partial charge in [0.2, 0.25) is 17.7 Å². The number of piperidine rings is 1. The zero-order valence-corrected chi connectivity index (χ0v) is 25.9. The van der Waals surface area contributed by atoms with Crippen LogP contribution in [0.5, 0.6) is 0 Å². The first kappa shape index (κ1) is 32.9. The molecule has 1 aromatic heterocycles. The van der Waals surface area contributed by atoms with Crippen LogP contribution in [0.1, 0.15) is 95.3 Å². The molecule has 0 radical (unpaired) electrons. The molecular weight excluding hydrogens is 562 g/mol. The Morgan fingerprint density at radius 1 is 0.932 bits per heavy atom. The molecule has 2 aliphatic heterocycles. The summed E-state index contributed by atoms with van der Waals surface area (Å²) in [6.45, 7) is 5.92. The van der Waals surface area contributed by atoms with Gasteiger partial charge in [-0.25, -0.2) is 0 Å². The van der Waals surface area contributed by atoms with Crippen LogP contribution in [0.2, 0.25) is 0 Å². The average Bonchev–Trinajstić information content (AvgIpc) is 3.47. The Bertz CT molecular complexity index is 1390. The van der Waals surface area contributed by atoms with Crippen molar-refractivity contribution >= 4 is 46.1 Å². The van der Waals surface area contributed by atoms with Crippen molar-refractivity contribution in [2.24, 2.45) is 5.92 Å². The molecule has 0 spiro atoms. The number of Topliss-reactive ketones (excluding diaryl/α,β-unsaturated/α-hetero) is 2. The number of nitrogens with zero attached hydrogens (tertiary/aromatic N) is 1. The van der Waals surface area contributed by atoms with Crippen molar-refractivity contribution in [3.8, 4) is 0 Å². The number of carbonyl (C=O) groups excluding carboxylic acids is 6. The molecule has 1 aromatic carbocycles. The predicted molar refractivity (Wildman–Crippen MR) is 166 cm³/mol. The molecule has 11 heteroatoms. The van der Waals surface area contributed by atoms with E-state index in [1.54, 1.807) is 18.2 Å². The summed E-state index contributed by atoms with van der Waals surface area (Å²) in [5.74, 6) is -2.95. The van der Waals surface area contributed by atoms with Gasteiger partial charge >= 0.3 is 0 Å². The fraction of sp³-hybridized carbons (Fsp3) is 0.576. The molecule has 2 saturated heterocycles. The standard InChI is InChI=1S/C33H45N5O6/c1-4-20(3)27-33(44)38-18-12-11-17-26(38)31(42)35-25(16-8-6-7-13-21(39)5-2)30(41)37-28(32(43)36-27)29(40)23-19-34-24-15-10-9-14-22(23)24/h9-10,14-15,19-20,25-28,34H,4-8,11-13,16-18H2,1-3H3,(H,35,42)(H,36,43)(H,37,41)/t20-,25-,26+,27-,28+/m0/s1. The van der Waals surface area contributed by atoms with E-state index in [0.29, 0.717) is 62.4 Å². The molecule has 4 rings (SSSR count). The largest absolute Gasteiger partial charge is 0.360 e. The lowest BCUT2D eigenvalue weighted by Crippen LogP contribution is -2.65. The lowest BCUT2D eigenvalue weighted by atomic mass is 9.93. The predicted octanol–water partition coefficient (Wildman–Crippen LogP) is 3.18. The lowest BCUT2D eigenvalue weighted by molar-refractivity contribution is -0.147. The first-order valence-corrected chi connectivity index (χ1v) is 16.0. The van der Waals surface area contributed by atoms with Gasteiger partial charge in [-0.3, -0.25) is 28.8 Å². The van der Waals surface area contributed by atoms with Crippen molar-refractivity contribution in [2.45, 2.75) is 109 Å². The SMILES string of the molecule is CCC(=O)CCCCC[C@@H]1NC(=O)[C@H]2CCCCN2C(=O)[C@H]([C@@H](C)CC)NC(=O)[C@@H](C(=O)c2c[nH]c3ccccc23)NC1=O. The summed E-state index contributed by atoms with van der Waals surface area (Å²) in [5, 5.41) is 8.88. The van der Waals surface area contributed by atoms with E-state index >= 15 is 0 Å². The van der Waals surface area contributed by atoms with Crippen molar-refractivity contribution in [2.75, 3.05) is 6.54 Å². The smallest absolute Gasteiger partial charge is 0.251 e. The van der Waals surface area contributed by atoms with E-state index in [4.69, 9.17) is 0 Å². The fourth-order valence-electron chi connectivity index (χ4n) is 6.05. The minimum atomic E-state index is -1.63. The van der Waals surface area contributed by atoms with Crippen LogP contribution in [-0.4, -0.2) is 75.8 Å². The minimum Gasteiger partial charge on any atom is -0.360 e. The van der Waals surface area contributed by atoms with Gasteiger partial charge in [0, 0.05) is 42.0 Å². The zero-order chi connectivity index (χ0) is 31.8. The number of para-hydroxylation sites is 1. The van der Waals surface area contributed by atoms with Crippen LogP contribution in [0.15, 0.2) is 30.5 Å². The molecule has 3 heterocycles. The Hall–Kier alpha value is -4.02. The number of aromatic amines is 1. The van der Waals surface area contributed by atoms with E-state index < -0.39 is 47.7 Å². The van der Waals surface area contributed by atoms with Gasteiger partial charge in [0.25, 0.3) is 5.91 Å². The molecule has 238 valence electrons. The molecule has 11 nitrogen and oxygen atoms in total. The molecule has 5 atom stereocenters. The summed E-state index contributed by atoms with van der Waals surface area (Å²) in [4.78, 5) is 85.5. The number of nitrogens with one attached hydrogen (secondary N) is 4. The van der Waals surface area contributed by atoms with E-state index in [2.05, 4.69) is 20.9 Å². The average molecular weight is 608 g/mol. The molecule has 2 fully saturated rings. The second kappa shape index (κ2) is 15.1. The number of unbranched alkanes of at least 4 members (excludes halogenated alkanes) is 2. The van der Waals surface area contributed by atoms with E-state index in [9.17, 15) is 28.8 Å². The lowest BCUT2D eigenvalue weighted by Gasteiger charge is -2.39. The van der Waals surface area contributed by atoms with Crippen LogP contribution >= 0.6 is 0 Å². The van der Waals surface area contributed by atoms with Gasteiger partial charge in [-0.2, -0.15) is 0 Å². The van der Waals surface area contributed by atoms with E-state index in [1.807, 2.05) is 26.8 Å². The normalized spacial score (nSPS) is 23.9. The van der Waals surface area contributed by atoms with Gasteiger partial charge in [0.1, 0.15) is 23.9 Å². The quantitative estimate of drug-likeness (QED) is 0.175. The maximum absolute atomic E-state index is 14.0. The number of carbonyl (C=O) groups is 6. The summed E-state index contributed by atoms with van der Waals surface area (Å²) in [5.41, 5.74) is 0.933. The number of ketones is 2. The molecule has 0 unspecified atom stereocenters. The summed E-state index contributed by atoms with van der Waals surface area (Å²) in [6, 6.07) is 2.76. The van der Waals surface area contributed by atoms with E-state index in [0.717, 1.165) is 12.8 Å². The number of benzene rings is 1. The van der Waals surface area contributed by atoms with Crippen molar-refractivity contribution in [3.05, 3.63) is 36.0 Å². The Morgan fingerprint density at radius 3 is 2.45 bits per heavy atom. The number of hydrogen-bond donors (Lipinski definition) is 4. The summed E-state index contributed by atoms with van der Waals surface area (Å²) >= 11 is 0. The second-order valence-electron chi connectivity index (χ2n) is 12.0. The van der Waals surface area contributed by atoms with Crippen LogP contribution in [-0.2, 0) is 24.0 Å². The van der Waals surface area contributed by atoms with Crippen LogP contribution in [0.4, 0.5) is 0 Å². The Labute approximate surface area is 258 Å². The summed E-state index contributed by atoms with van der Waals surface area (Å²) < 4.78 is 0. The number of hydrogen-bond acceptors (Lipinski definition) is 6. The van der Waals surface area contributed by atoms with E-state index in [-0.39, 0.29) is 29.6 Å². The molecular formula is C33H45N5O6. The number of rotatable bonds is 11. The molecule has 44 heavy (non-hydrogen) atoms. The summed E-state index contributed by atoms with van der Waals surface area (Å²) in [6.07, 6.45) is 7.08. The van der Waals surface area contributed by atoms with Crippen molar-refractivity contribution in [1.82, 2.24) is 25.8 Å². The highest BCUT2D eigenvalue weighted by Crippen LogP contribution is 2.23. The van der Waals surface area contributed by atoms with E-state index in [1.165, 1.54) is 11.1 Å². The maximum Gasteiger partial charge on any atom is 0.251 e. The van der Waals surface area contributed by atoms with Gasteiger partial charge in [-0.15, -0.1) is 0 Å². The number of amides is 4. The van der Waals surface area contributed by atoms with Gasteiger partial charge in [-0.1, -0.05) is 58.2 Å². The van der Waals surface area contributed by atoms with Gasteiger partial charge in [0.15, 0.2) is 11.8 Å². The first-order chi connectivity index (χ1) is 21.2. The van der Waals surface area contributed by atoms with Gasteiger partial charge in [-0.05, 0) is 44.1 Å². The molecule has 0 saturated carbocycles. The molecule has 4 amide bonds. The molecule has 4 N–H and O–H groups in total. The van der Waals surface area contributed by atoms with Crippen LogP contribution in [0.3, 0.4) is 0 Å². The highest BCUT2D eigenvalue weighted by atomic mass is 16.2. The summed E-state index contributed by atoms with van der Waals surface area (Å²) in [7, 11) is 0. The van der Waals surface area contributed by atoms with Crippen molar-refractivity contribution in [1.29, 1.82) is 0 Å². The zero-order valence-electron chi connectivity index (χ0n) is 25.9. The second-order valence-corrected chi connectivity index (χ2v) is 12.0. The van der Waals surface area contributed by atoms with Crippen molar-refractivity contribution in [3.63, 3.8) is 0 Å². The van der Waals surface area contributed by atoms with Gasteiger partial charge < -0.3 is 25.8 Å². The van der Waals surface area contributed by atoms with Gasteiger partial charge in [0.05, 0.1) is 0 Å². The number of fused-ring (bicyclic) bond motifs is 2. The number of aromatic nitrogens is 1. The van der Waals surface area contributed by atoms with Crippen LogP contribution in [0.25, 0.3) is 10.9 Å². The van der Waals surface area contributed by atoms with Crippen LogP contribution < -0.4 is 16.0 Å². The molecule has 0 aliphatic carbocycles. The minimum absolute atomic E-state index is 0.171. The van der Waals surface area contributed by atoms with Crippen molar-refractivity contribution < 1.29 is 28.8 Å². The monoisotopic (exact) mass is 607 g/mol. The third kappa shape index (κ3) is 7.54. The number of H-pyrrole nitrogens is 1. The van der Waals surface area contributed by atoms with Crippen LogP contribution in [0, 0.1) is 5.92 Å². The molecule has 2 aliphatic rings. The fourth-order valence-corrected chi connectivity index (χ4v) is 6.05. The topological polar surface area (TPSA) is 158 Å². The highest BCUT2D eigenvalue weighted by molar-refractivity contribution is 6.20. The first-order valence-electron chi connectivity index (χ1n) is 16.0. The maximum atomic E-state index is 14.0. The Balaban J connectivity index is 1.67. The molecule has 0 bridgehead atoms.